The molecule has 0 N–H and O–H groups in total. The highest BCUT2D eigenvalue weighted by atomic mass is 35.5. The number of anilines is 3. The van der Waals surface area contributed by atoms with E-state index in [9.17, 15) is 63.5 Å². The van der Waals surface area contributed by atoms with E-state index in [2.05, 4.69) is 0 Å². The van der Waals surface area contributed by atoms with Gasteiger partial charge >= 0.3 is 33.7 Å². The Balaban J connectivity index is 0.000000152. The number of fused-ring (bicyclic) bond motifs is 3. The summed E-state index contributed by atoms with van der Waals surface area (Å²) in [6.45, 7) is 8.90. The number of halogens is 3. The molecule has 5 aromatic heterocycles. The van der Waals surface area contributed by atoms with Gasteiger partial charge in [0.2, 0.25) is 0 Å². The van der Waals surface area contributed by atoms with Crippen LogP contribution in [-0.2, 0) is 20.1 Å². The van der Waals surface area contributed by atoms with Crippen LogP contribution in [0, 0.1) is 50.0 Å². The number of para-hydroxylation sites is 1. The van der Waals surface area contributed by atoms with Gasteiger partial charge in [-0.3, -0.25) is 63.7 Å². The molecule has 0 bridgehead atoms. The largest absolute Gasteiger partial charge is 0.459 e. The first-order valence-electron chi connectivity index (χ1n) is 31.8. The van der Waals surface area contributed by atoms with Gasteiger partial charge < -0.3 is 52.3 Å². The summed E-state index contributed by atoms with van der Waals surface area (Å²) in [5.41, 5.74) is 2.22. The lowest BCUT2D eigenvalue weighted by Gasteiger charge is -2.36. The summed E-state index contributed by atoms with van der Waals surface area (Å²) >= 11 is 12.0. The van der Waals surface area contributed by atoms with Crippen molar-refractivity contribution in [3.05, 3.63) is 251 Å². The van der Waals surface area contributed by atoms with Crippen molar-refractivity contribution in [2.75, 3.05) is 114 Å². The number of benzene rings is 5. The van der Waals surface area contributed by atoms with Crippen LogP contribution in [0.4, 0.5) is 38.5 Å². The van der Waals surface area contributed by atoms with Gasteiger partial charge in [-0.2, -0.15) is 0 Å². The molecule has 0 spiro atoms. The third kappa shape index (κ3) is 14.5. The average Bonchev–Trinajstić information content (AvgIpc) is 0.815. The molecule has 3 amide bonds. The van der Waals surface area contributed by atoms with Crippen LogP contribution in [0.1, 0.15) is 48.2 Å². The van der Waals surface area contributed by atoms with Gasteiger partial charge in [0.15, 0.2) is 11.5 Å². The number of furan rings is 2. The number of pyridine rings is 3. The van der Waals surface area contributed by atoms with Crippen LogP contribution in [0.15, 0.2) is 163 Å². The molecule has 0 radical (unpaired) electrons. The summed E-state index contributed by atoms with van der Waals surface area (Å²) < 4.78 is 27.9. The molecule has 518 valence electrons. The minimum atomic E-state index is -0.732. The Morgan fingerprint density at radius 2 is 0.940 bits per heavy atom. The first-order valence-corrected chi connectivity index (χ1v) is 32.6. The molecule has 13 rings (SSSR count). The standard InChI is InChI=1S/C26H23FN4O5.C24H25Cl2N5O4.C20H20N4O5/c1-17-4-9-21-20(15-17)23(28-10-12-29(13-11-28)25(32)22-3-2-14-36-22)24(31(34)35)26(33)30(21)16-18-5-7-19(27)8-6-18;1-27(2)9-14-30-20-6-4-3-5-17(20)21(22(24(30)33)31(34)35)28-10-12-29(13-11-28)23(32)16-7-8-18(25)19(26)15-16;1-13-5-6-15-14(12-13)17(18(24(27)28)20(26)21(15)2)22-7-9-23(10-8-22)19(25)16-4-3-11-29-16/h2-9,14-15H,10-13,16H2,1H3;3-8,15H,9-14H2,1-2H3;3-6,11-12H,7-10H2,1-2H3. The highest BCUT2D eigenvalue weighted by molar-refractivity contribution is 6.42. The van der Waals surface area contributed by atoms with Crippen molar-refractivity contribution in [3.63, 3.8) is 0 Å². The smallest absolute Gasteiger partial charge is 0.357 e. The molecular formula is C70H68Cl2FN13O14. The van der Waals surface area contributed by atoms with Gasteiger partial charge in [0.1, 0.15) is 22.9 Å². The van der Waals surface area contributed by atoms with Crippen molar-refractivity contribution >= 4 is 108 Å². The summed E-state index contributed by atoms with van der Waals surface area (Å²) in [6, 6.07) is 35.1. The number of carbonyl (C=O) groups is 3. The van der Waals surface area contributed by atoms with Gasteiger partial charge in [-0.25, -0.2) is 4.39 Å². The zero-order valence-electron chi connectivity index (χ0n) is 55.0. The number of piperazine rings is 3. The van der Waals surface area contributed by atoms with Crippen LogP contribution in [-0.4, -0.2) is 165 Å². The lowest BCUT2D eigenvalue weighted by Crippen LogP contribution is -2.49. The maximum atomic E-state index is 13.5. The number of carbonyl (C=O) groups excluding carboxylic acids is 3. The molecule has 30 heteroatoms. The Morgan fingerprint density at radius 3 is 1.41 bits per heavy atom. The Bertz CT molecular complexity index is 5000. The molecule has 3 fully saturated rings. The van der Waals surface area contributed by atoms with E-state index in [1.165, 1.54) is 51.5 Å². The Morgan fingerprint density at radius 1 is 0.500 bits per heavy atom. The first kappa shape index (κ1) is 70.1. The molecular weight excluding hydrogens is 1340 g/mol. The number of nitrogens with zero attached hydrogens (tertiary/aromatic N) is 13. The molecule has 5 aromatic carbocycles. The van der Waals surface area contributed by atoms with E-state index in [4.69, 9.17) is 32.0 Å². The molecule has 0 unspecified atom stereocenters. The molecule has 3 aliphatic rings. The topological polar surface area (TPSA) is 296 Å². The molecule has 0 saturated carbocycles. The fourth-order valence-electron chi connectivity index (χ4n) is 12.8. The SMILES string of the molecule is CN(C)CCn1c(=O)c([N+](=O)[O-])c(N2CCN(C(=O)c3ccc(Cl)c(Cl)c3)CC2)c2ccccc21.Cc1ccc2c(c1)c(N1CCN(C(=O)c3ccco3)CC1)c([N+](=O)[O-])c(=O)n2C.Cc1ccc2c(c1)c(N1CCN(C(=O)c3ccco3)CC1)c([N+](=O)[O-])c(=O)n2Cc1ccc(F)cc1. The van der Waals surface area contributed by atoms with E-state index >= 15 is 0 Å². The minimum Gasteiger partial charge on any atom is -0.459 e. The first-order chi connectivity index (χ1) is 47.9. The van der Waals surface area contributed by atoms with E-state index in [1.54, 1.807) is 92.4 Å². The normalized spacial score (nSPS) is 14.1. The quantitative estimate of drug-likeness (QED) is 0.0722. The fourth-order valence-corrected chi connectivity index (χ4v) is 13.1. The average molecular weight is 1410 g/mol. The molecule has 10 aromatic rings. The number of amides is 3. The van der Waals surface area contributed by atoms with Gasteiger partial charge in [-0.15, -0.1) is 0 Å². The van der Waals surface area contributed by atoms with E-state index < -0.39 is 54.3 Å². The maximum absolute atomic E-state index is 13.5. The Hall–Kier alpha value is -11.2. The van der Waals surface area contributed by atoms with Crippen molar-refractivity contribution in [2.24, 2.45) is 7.05 Å². The predicted octanol–water partition coefficient (Wildman–Crippen LogP) is 10.0. The molecule has 3 aliphatic heterocycles. The third-order valence-electron chi connectivity index (χ3n) is 17.8. The van der Waals surface area contributed by atoms with Crippen molar-refractivity contribution < 1.29 is 42.4 Å². The Kier molecular flexibility index (Phi) is 20.9. The fraction of sp³-hybridized carbons (Fsp3) is 0.286. The van der Waals surface area contributed by atoms with Crippen LogP contribution in [0.5, 0.6) is 0 Å². The number of hydrogen-bond donors (Lipinski definition) is 0. The summed E-state index contributed by atoms with van der Waals surface area (Å²) in [6.07, 6.45) is 2.88. The lowest BCUT2D eigenvalue weighted by molar-refractivity contribution is -0.385. The molecule has 27 nitrogen and oxygen atoms in total. The van der Waals surface area contributed by atoms with Crippen molar-refractivity contribution in [3.8, 4) is 0 Å². The van der Waals surface area contributed by atoms with E-state index in [-0.39, 0.29) is 41.5 Å². The monoisotopic (exact) mass is 1400 g/mol. The van der Waals surface area contributed by atoms with Crippen molar-refractivity contribution in [2.45, 2.75) is 26.9 Å². The number of aryl methyl sites for hydroxylation is 3. The summed E-state index contributed by atoms with van der Waals surface area (Å²) in [4.78, 5) is 124. The third-order valence-corrected chi connectivity index (χ3v) is 18.6. The summed E-state index contributed by atoms with van der Waals surface area (Å²) in [7, 11) is 5.31. The van der Waals surface area contributed by atoms with Gasteiger partial charge in [0.25, 0.3) is 17.7 Å². The molecule has 3 saturated heterocycles. The van der Waals surface area contributed by atoms with E-state index in [1.807, 2.05) is 79.0 Å². The van der Waals surface area contributed by atoms with Crippen LogP contribution in [0.2, 0.25) is 10.0 Å². The number of hydrogen-bond acceptors (Lipinski definition) is 18. The molecule has 100 heavy (non-hydrogen) atoms. The van der Waals surface area contributed by atoms with Gasteiger partial charge in [0.05, 0.1) is 60.4 Å². The number of likely N-dealkylation sites (N-methyl/N-ethyl adjacent to an activating group) is 1. The second-order valence-corrected chi connectivity index (χ2v) is 25.3. The van der Waals surface area contributed by atoms with E-state index in [0.29, 0.717) is 157 Å². The second kappa shape index (κ2) is 29.9. The lowest BCUT2D eigenvalue weighted by atomic mass is 10.1. The maximum Gasteiger partial charge on any atom is 0.357 e. The summed E-state index contributed by atoms with van der Waals surface area (Å²) in [5, 5.41) is 38.7. The van der Waals surface area contributed by atoms with Gasteiger partial charge in [0, 0.05) is 120 Å². The highest BCUT2D eigenvalue weighted by Crippen LogP contribution is 2.39. The number of rotatable bonds is 14. The molecule has 8 heterocycles. The second-order valence-electron chi connectivity index (χ2n) is 24.5. The number of aromatic nitrogens is 3. The predicted molar refractivity (Wildman–Crippen MR) is 377 cm³/mol. The van der Waals surface area contributed by atoms with Gasteiger partial charge in [-0.1, -0.05) is 76.8 Å². The zero-order chi connectivity index (χ0) is 71.4. The van der Waals surface area contributed by atoms with Crippen molar-refractivity contribution in [1.82, 2.24) is 33.3 Å². The Labute approximate surface area is 579 Å². The van der Waals surface area contributed by atoms with E-state index in [0.717, 1.165) is 11.1 Å². The van der Waals surface area contributed by atoms with Gasteiger partial charge in [-0.05, 0) is 118 Å². The van der Waals surface area contributed by atoms with Crippen LogP contribution < -0.4 is 31.4 Å². The summed E-state index contributed by atoms with van der Waals surface area (Å²) in [5.74, 6) is -0.560. The van der Waals surface area contributed by atoms with Crippen LogP contribution in [0.25, 0.3) is 32.7 Å². The molecule has 0 aliphatic carbocycles. The minimum absolute atomic E-state index is 0.0607. The molecule has 0 atom stereocenters. The highest BCUT2D eigenvalue weighted by Gasteiger charge is 2.37. The van der Waals surface area contributed by atoms with Crippen LogP contribution >= 0.6 is 23.2 Å². The number of nitro groups is 3. The zero-order valence-corrected chi connectivity index (χ0v) is 56.6. The van der Waals surface area contributed by atoms with Crippen LogP contribution in [0.3, 0.4) is 0 Å². The van der Waals surface area contributed by atoms with Crippen molar-refractivity contribution in [1.29, 1.82) is 0 Å².